The zero-order valence-electron chi connectivity index (χ0n) is 19.9. The van der Waals surface area contributed by atoms with Crippen LogP contribution in [0.25, 0.3) is 38.4 Å². The van der Waals surface area contributed by atoms with Crippen molar-refractivity contribution in [3.05, 3.63) is 78.4 Å². The maximum atomic E-state index is 12.8. The van der Waals surface area contributed by atoms with Gasteiger partial charge >= 0.3 is 0 Å². The third kappa shape index (κ3) is 3.42. The fourth-order valence-electron chi connectivity index (χ4n) is 5.33. The number of hydrogen-bond donors (Lipinski definition) is 3. The number of aromatic nitrogens is 4. The van der Waals surface area contributed by atoms with Gasteiger partial charge in [0, 0.05) is 23.6 Å². The number of imidazole rings is 1. The molecule has 0 bridgehead atoms. The molecule has 10 nitrogen and oxygen atoms in total. The van der Waals surface area contributed by atoms with Gasteiger partial charge < -0.3 is 20.3 Å². The zero-order valence-corrected chi connectivity index (χ0v) is 19.9. The molecule has 2 aliphatic rings. The number of allylic oxidation sites excluding steroid dienone is 1. The van der Waals surface area contributed by atoms with Gasteiger partial charge in [-0.1, -0.05) is 30.3 Å². The Morgan fingerprint density at radius 2 is 1.84 bits per heavy atom. The van der Waals surface area contributed by atoms with E-state index in [1.165, 1.54) is 12.4 Å². The van der Waals surface area contributed by atoms with E-state index in [9.17, 15) is 19.8 Å². The van der Waals surface area contributed by atoms with Crippen LogP contribution >= 0.6 is 0 Å². The SMILES string of the molecule is O=C1C=C(Nc2ncnc3c2ncn3[C@H]2C[C@H](O)[C@@H](CO)O2)c2c(ccc3cc4ccccc4cc23)C1=O. The molecule has 1 aliphatic heterocycles. The molecule has 188 valence electrons. The summed E-state index contributed by atoms with van der Waals surface area (Å²) in [5, 5.41) is 26.7. The van der Waals surface area contributed by atoms with E-state index in [1.807, 2.05) is 36.4 Å². The summed E-state index contributed by atoms with van der Waals surface area (Å²) in [7, 11) is 0. The molecule has 5 aromatic rings. The predicted octanol–water partition coefficient (Wildman–Crippen LogP) is 2.99. The lowest BCUT2D eigenvalue weighted by atomic mass is 9.87. The third-order valence-electron chi connectivity index (χ3n) is 7.21. The summed E-state index contributed by atoms with van der Waals surface area (Å²) in [5.74, 6) is -0.837. The number of anilines is 1. The van der Waals surface area contributed by atoms with Crippen LogP contribution < -0.4 is 5.32 Å². The van der Waals surface area contributed by atoms with Gasteiger partial charge in [0.05, 0.1) is 24.7 Å². The highest BCUT2D eigenvalue weighted by atomic mass is 16.5. The molecule has 3 N–H and O–H groups in total. The minimum absolute atomic E-state index is 0.276. The first-order chi connectivity index (χ1) is 18.5. The lowest BCUT2D eigenvalue weighted by Gasteiger charge is -2.20. The molecule has 0 spiro atoms. The van der Waals surface area contributed by atoms with Gasteiger partial charge in [-0.05, 0) is 39.7 Å². The van der Waals surface area contributed by atoms with Crippen molar-refractivity contribution in [3.8, 4) is 0 Å². The minimum Gasteiger partial charge on any atom is -0.394 e. The van der Waals surface area contributed by atoms with Crippen molar-refractivity contribution in [2.75, 3.05) is 11.9 Å². The number of ether oxygens (including phenoxy) is 1. The standard InChI is InChI=1S/C28H21N5O5/c34-11-22-20(35)10-23(38-22)33-13-31-25-27(29-12-30-28(25)33)32-19-9-21(36)26(37)17-6-5-16-7-14-3-1-2-4-15(14)8-18(16)24(17)19/h1-9,12-13,20,22-23,34-35H,10-11H2,(H,29,30,32)/t20-,22+,23+/m0/s1. The van der Waals surface area contributed by atoms with E-state index in [4.69, 9.17) is 4.74 Å². The van der Waals surface area contributed by atoms with Gasteiger partial charge in [0.25, 0.3) is 0 Å². The molecule has 3 heterocycles. The zero-order chi connectivity index (χ0) is 26.0. The molecule has 2 aromatic heterocycles. The van der Waals surface area contributed by atoms with Crippen LogP contribution in [0.15, 0.2) is 67.3 Å². The van der Waals surface area contributed by atoms with Crippen LogP contribution in [0.3, 0.4) is 0 Å². The summed E-state index contributed by atoms with van der Waals surface area (Å²) >= 11 is 0. The molecule has 7 rings (SSSR count). The summed E-state index contributed by atoms with van der Waals surface area (Å²) in [5.41, 5.74) is 2.27. The van der Waals surface area contributed by atoms with Crippen LogP contribution in [0, 0.1) is 0 Å². The highest BCUT2D eigenvalue weighted by Crippen LogP contribution is 2.36. The van der Waals surface area contributed by atoms with Gasteiger partial charge in [-0.15, -0.1) is 0 Å². The largest absolute Gasteiger partial charge is 0.394 e. The molecule has 0 radical (unpaired) electrons. The van der Waals surface area contributed by atoms with Crippen molar-refractivity contribution in [3.63, 3.8) is 0 Å². The number of ketones is 2. The summed E-state index contributed by atoms with van der Waals surface area (Å²) < 4.78 is 7.45. The van der Waals surface area contributed by atoms with E-state index in [-0.39, 0.29) is 13.0 Å². The molecule has 0 amide bonds. The van der Waals surface area contributed by atoms with Crippen LogP contribution in [0.4, 0.5) is 5.82 Å². The van der Waals surface area contributed by atoms with E-state index in [0.717, 1.165) is 21.5 Å². The topological polar surface area (TPSA) is 139 Å². The minimum atomic E-state index is -0.807. The number of rotatable bonds is 4. The maximum absolute atomic E-state index is 12.8. The van der Waals surface area contributed by atoms with Gasteiger partial charge in [0.15, 0.2) is 17.0 Å². The number of aliphatic hydroxyl groups excluding tert-OH is 2. The number of aliphatic hydroxyl groups is 2. The summed E-state index contributed by atoms with van der Waals surface area (Å²) in [6.45, 7) is -0.296. The Labute approximate surface area is 215 Å². The Kier molecular flexibility index (Phi) is 5.08. The van der Waals surface area contributed by atoms with E-state index in [2.05, 4.69) is 26.3 Å². The van der Waals surface area contributed by atoms with Crippen molar-refractivity contribution >= 4 is 55.8 Å². The first kappa shape index (κ1) is 22.7. The maximum Gasteiger partial charge on any atom is 0.233 e. The van der Waals surface area contributed by atoms with Crippen LogP contribution in [0.2, 0.25) is 0 Å². The first-order valence-corrected chi connectivity index (χ1v) is 12.2. The van der Waals surface area contributed by atoms with Crippen LogP contribution in [-0.4, -0.2) is 60.1 Å². The Balaban J connectivity index is 1.34. The fraction of sp³-hybridized carbons (Fsp3) is 0.179. The Bertz CT molecular complexity index is 1830. The highest BCUT2D eigenvalue weighted by molar-refractivity contribution is 6.51. The number of hydrogen-bond acceptors (Lipinski definition) is 9. The Morgan fingerprint density at radius 1 is 1.03 bits per heavy atom. The normalized spacial score (nSPS) is 21.3. The fourth-order valence-corrected chi connectivity index (χ4v) is 5.33. The molecule has 1 saturated heterocycles. The van der Waals surface area contributed by atoms with Crippen molar-refractivity contribution in [2.24, 2.45) is 0 Å². The number of carbonyl (C=O) groups excluding carboxylic acids is 2. The molecule has 0 saturated carbocycles. The molecule has 3 atom stereocenters. The second-order valence-electron chi connectivity index (χ2n) is 9.45. The molecule has 3 aromatic carbocycles. The van der Waals surface area contributed by atoms with Crippen molar-refractivity contribution in [1.82, 2.24) is 19.5 Å². The van der Waals surface area contributed by atoms with Gasteiger partial charge in [-0.2, -0.15) is 0 Å². The number of nitrogens with one attached hydrogen (secondary N) is 1. The van der Waals surface area contributed by atoms with Crippen LogP contribution in [0.1, 0.15) is 28.6 Å². The van der Waals surface area contributed by atoms with Crippen molar-refractivity contribution < 1.29 is 24.5 Å². The third-order valence-corrected chi connectivity index (χ3v) is 7.21. The van der Waals surface area contributed by atoms with Gasteiger partial charge in [-0.3, -0.25) is 14.2 Å². The summed E-state index contributed by atoms with van der Waals surface area (Å²) in [4.78, 5) is 38.7. The molecular weight excluding hydrogens is 486 g/mol. The molecule has 1 aliphatic carbocycles. The highest BCUT2D eigenvalue weighted by Gasteiger charge is 2.35. The molecular formula is C28H21N5O5. The van der Waals surface area contributed by atoms with E-state index in [0.29, 0.717) is 33.8 Å². The number of fused-ring (bicyclic) bond motifs is 5. The number of nitrogens with zero attached hydrogens (tertiary/aromatic N) is 4. The van der Waals surface area contributed by atoms with E-state index >= 15 is 0 Å². The molecule has 0 unspecified atom stereocenters. The quantitative estimate of drug-likeness (QED) is 0.247. The average molecular weight is 508 g/mol. The lowest BCUT2D eigenvalue weighted by molar-refractivity contribution is -0.111. The monoisotopic (exact) mass is 507 g/mol. The van der Waals surface area contributed by atoms with Gasteiger partial charge in [0.1, 0.15) is 18.7 Å². The second kappa shape index (κ2) is 8.52. The van der Waals surface area contributed by atoms with E-state index in [1.54, 1.807) is 17.0 Å². The predicted molar refractivity (Wildman–Crippen MR) is 139 cm³/mol. The smallest absolute Gasteiger partial charge is 0.233 e. The Hall–Kier alpha value is -4.51. The number of carbonyl (C=O) groups is 2. The molecule has 10 heteroatoms. The molecule has 1 fully saturated rings. The van der Waals surface area contributed by atoms with Crippen LogP contribution in [0.5, 0.6) is 0 Å². The lowest BCUT2D eigenvalue weighted by Crippen LogP contribution is -2.24. The Morgan fingerprint density at radius 3 is 2.63 bits per heavy atom. The first-order valence-electron chi connectivity index (χ1n) is 12.2. The molecule has 38 heavy (non-hydrogen) atoms. The number of Topliss-reactive ketones (excluding diaryl/α,β-unsaturated/α-hetero) is 1. The average Bonchev–Trinajstić information content (AvgIpc) is 3.53. The second-order valence-corrected chi connectivity index (χ2v) is 9.45. The van der Waals surface area contributed by atoms with E-state index < -0.39 is 30.0 Å². The van der Waals surface area contributed by atoms with Gasteiger partial charge in [-0.25, -0.2) is 15.0 Å². The summed E-state index contributed by atoms with van der Waals surface area (Å²) in [6, 6.07) is 15.6. The number of benzene rings is 3. The van der Waals surface area contributed by atoms with Crippen molar-refractivity contribution in [2.45, 2.75) is 24.9 Å². The summed E-state index contributed by atoms with van der Waals surface area (Å²) in [6.07, 6.45) is 2.44. The van der Waals surface area contributed by atoms with Gasteiger partial charge in [0.2, 0.25) is 11.6 Å². The van der Waals surface area contributed by atoms with Crippen LogP contribution in [-0.2, 0) is 9.53 Å². The van der Waals surface area contributed by atoms with Crippen molar-refractivity contribution in [1.29, 1.82) is 0 Å².